The first-order valence-electron chi connectivity index (χ1n) is 5.71. The van der Waals surface area contributed by atoms with Crippen molar-refractivity contribution in [3.8, 4) is 0 Å². The number of hydrogen-bond donors (Lipinski definition) is 3. The van der Waals surface area contributed by atoms with Gasteiger partial charge in [-0.25, -0.2) is 4.79 Å². The summed E-state index contributed by atoms with van der Waals surface area (Å²) in [6.45, 7) is 1.88. The molecule has 1 aromatic carbocycles. The van der Waals surface area contributed by atoms with E-state index in [1.54, 1.807) is 12.1 Å². The maximum atomic E-state index is 12.0. The summed E-state index contributed by atoms with van der Waals surface area (Å²) in [7, 11) is 0. The molecule has 0 spiro atoms. The average molecular weight is 273 g/mol. The predicted molar refractivity (Wildman–Crippen MR) is 75.9 cm³/mol. The smallest absolute Gasteiger partial charge is 0.321 e. The maximum Gasteiger partial charge on any atom is 0.323 e. The van der Waals surface area contributed by atoms with Crippen molar-refractivity contribution in [1.82, 2.24) is 9.97 Å². The Morgan fingerprint density at radius 1 is 1.26 bits per heavy atom. The molecule has 0 bridgehead atoms. The topological polar surface area (TPSA) is 77.8 Å². The molecule has 1 amide bonds. The van der Waals surface area contributed by atoms with Crippen molar-refractivity contribution < 1.29 is 4.79 Å². The molecule has 0 atom stereocenters. The normalized spacial score (nSPS) is 10.8. The molecule has 96 valence electrons. The highest BCUT2D eigenvalue weighted by molar-refractivity contribution is 7.12. The van der Waals surface area contributed by atoms with Crippen LogP contribution < -0.4 is 11.0 Å². The van der Waals surface area contributed by atoms with E-state index in [0.717, 1.165) is 11.1 Å². The number of anilines is 1. The average Bonchev–Trinajstić information content (AvgIpc) is 2.97. The van der Waals surface area contributed by atoms with Crippen molar-refractivity contribution in [2.45, 2.75) is 6.92 Å². The number of aryl methyl sites for hydroxylation is 1. The van der Waals surface area contributed by atoms with Gasteiger partial charge in [-0.1, -0.05) is 6.07 Å². The second kappa shape index (κ2) is 4.40. The van der Waals surface area contributed by atoms with E-state index in [0.29, 0.717) is 16.1 Å². The van der Waals surface area contributed by atoms with Gasteiger partial charge in [-0.15, -0.1) is 11.3 Å². The Kier molecular flexibility index (Phi) is 2.72. The van der Waals surface area contributed by atoms with Gasteiger partial charge in [0.2, 0.25) is 0 Å². The monoisotopic (exact) mass is 273 g/mol. The number of fused-ring (bicyclic) bond motifs is 1. The van der Waals surface area contributed by atoms with E-state index in [2.05, 4.69) is 15.3 Å². The van der Waals surface area contributed by atoms with Crippen LogP contribution in [-0.2, 0) is 0 Å². The summed E-state index contributed by atoms with van der Waals surface area (Å²) in [5, 5.41) is 4.71. The molecule has 0 aliphatic rings. The van der Waals surface area contributed by atoms with Crippen LogP contribution in [0.4, 0.5) is 5.69 Å². The van der Waals surface area contributed by atoms with Crippen LogP contribution in [0.2, 0.25) is 0 Å². The summed E-state index contributed by atoms with van der Waals surface area (Å²) in [6, 6.07) is 7.19. The van der Waals surface area contributed by atoms with Crippen LogP contribution in [0.5, 0.6) is 0 Å². The summed E-state index contributed by atoms with van der Waals surface area (Å²) in [6.07, 6.45) is 0. The van der Waals surface area contributed by atoms with Gasteiger partial charge in [-0.3, -0.25) is 4.79 Å². The van der Waals surface area contributed by atoms with E-state index < -0.39 is 0 Å². The van der Waals surface area contributed by atoms with Crippen LogP contribution in [0, 0.1) is 6.92 Å². The number of hydrogen-bond acceptors (Lipinski definition) is 3. The highest BCUT2D eigenvalue weighted by atomic mass is 32.1. The van der Waals surface area contributed by atoms with Gasteiger partial charge in [-0.2, -0.15) is 0 Å². The van der Waals surface area contributed by atoms with Crippen molar-refractivity contribution in [3.05, 3.63) is 50.6 Å². The second-order valence-corrected chi connectivity index (χ2v) is 5.17. The Morgan fingerprint density at radius 2 is 2.00 bits per heavy atom. The number of nitrogens with one attached hydrogen (secondary N) is 3. The number of thiophene rings is 1. The molecule has 0 fully saturated rings. The fraction of sp³-hybridized carbons (Fsp3) is 0.0769. The molecule has 2 heterocycles. The summed E-state index contributed by atoms with van der Waals surface area (Å²) in [5.74, 6) is -0.143. The van der Waals surface area contributed by atoms with Gasteiger partial charge in [0.1, 0.15) is 0 Å². The molecule has 0 radical (unpaired) electrons. The molecule has 3 N–H and O–H groups in total. The Bertz CT molecular complexity index is 799. The minimum atomic E-state index is -0.254. The number of H-pyrrole nitrogens is 2. The molecule has 6 heteroatoms. The predicted octanol–water partition coefficient (Wildman–Crippen LogP) is 2.48. The fourth-order valence-electron chi connectivity index (χ4n) is 1.92. The number of aromatic amines is 2. The van der Waals surface area contributed by atoms with Crippen molar-refractivity contribution in [2.24, 2.45) is 0 Å². The zero-order valence-corrected chi connectivity index (χ0v) is 10.9. The van der Waals surface area contributed by atoms with Crippen LogP contribution in [-0.4, -0.2) is 15.9 Å². The Balaban J connectivity index is 1.98. The Morgan fingerprint density at radius 3 is 2.68 bits per heavy atom. The molecule has 0 saturated heterocycles. The van der Waals surface area contributed by atoms with Crippen molar-refractivity contribution in [2.75, 3.05) is 5.32 Å². The van der Waals surface area contributed by atoms with Crippen molar-refractivity contribution >= 4 is 34.0 Å². The van der Waals surface area contributed by atoms with E-state index in [1.165, 1.54) is 11.3 Å². The zero-order valence-electron chi connectivity index (χ0n) is 10.1. The van der Waals surface area contributed by atoms with E-state index in [-0.39, 0.29) is 11.6 Å². The Hall–Kier alpha value is -2.34. The van der Waals surface area contributed by atoms with E-state index >= 15 is 0 Å². The van der Waals surface area contributed by atoms with Gasteiger partial charge < -0.3 is 15.3 Å². The maximum absolute atomic E-state index is 12.0. The first kappa shape index (κ1) is 11.7. The quantitative estimate of drug-likeness (QED) is 0.670. The Labute approximate surface area is 112 Å². The van der Waals surface area contributed by atoms with Gasteiger partial charge in [0.05, 0.1) is 15.9 Å². The van der Waals surface area contributed by atoms with Crippen molar-refractivity contribution in [1.29, 1.82) is 0 Å². The SMILES string of the molecule is Cc1cc2[nH]c(=O)[nH]c2cc1NC(=O)c1cccs1. The summed E-state index contributed by atoms with van der Waals surface area (Å²) in [5.41, 5.74) is 2.75. The lowest BCUT2D eigenvalue weighted by molar-refractivity contribution is 0.103. The minimum Gasteiger partial charge on any atom is -0.321 e. The molecule has 19 heavy (non-hydrogen) atoms. The third-order valence-corrected chi connectivity index (χ3v) is 3.72. The summed E-state index contributed by atoms with van der Waals surface area (Å²) >= 11 is 1.39. The molecule has 3 rings (SSSR count). The van der Waals surface area contributed by atoms with Gasteiger partial charge in [-0.05, 0) is 36.1 Å². The van der Waals surface area contributed by atoms with Crippen LogP contribution >= 0.6 is 11.3 Å². The molecule has 5 nitrogen and oxygen atoms in total. The number of aromatic nitrogens is 2. The lowest BCUT2D eigenvalue weighted by Crippen LogP contribution is -2.11. The van der Waals surface area contributed by atoms with Crippen LogP contribution in [0.1, 0.15) is 15.2 Å². The second-order valence-electron chi connectivity index (χ2n) is 4.22. The van der Waals surface area contributed by atoms with Gasteiger partial charge in [0, 0.05) is 5.69 Å². The molecule has 0 unspecified atom stereocenters. The molecule has 2 aromatic heterocycles. The fourth-order valence-corrected chi connectivity index (χ4v) is 2.54. The van der Waals surface area contributed by atoms with Gasteiger partial charge in [0.25, 0.3) is 5.91 Å². The molecular weight excluding hydrogens is 262 g/mol. The van der Waals surface area contributed by atoms with E-state index in [9.17, 15) is 9.59 Å². The lowest BCUT2D eigenvalue weighted by Gasteiger charge is -2.07. The molecule has 0 aliphatic heterocycles. The summed E-state index contributed by atoms with van der Waals surface area (Å²) in [4.78, 5) is 29.2. The standard InChI is InChI=1S/C13H11N3O2S/c1-7-5-9-10(16-13(18)15-9)6-8(7)14-12(17)11-3-2-4-19-11/h2-6H,1H3,(H,14,17)(H2,15,16,18). The number of benzene rings is 1. The van der Waals surface area contributed by atoms with Crippen LogP contribution in [0.25, 0.3) is 11.0 Å². The first-order valence-corrected chi connectivity index (χ1v) is 6.59. The van der Waals surface area contributed by atoms with Crippen LogP contribution in [0.3, 0.4) is 0 Å². The highest BCUT2D eigenvalue weighted by Crippen LogP contribution is 2.21. The number of imidazole rings is 1. The number of carbonyl (C=O) groups is 1. The molecular formula is C13H11N3O2S. The number of amides is 1. The largest absolute Gasteiger partial charge is 0.323 e. The van der Waals surface area contributed by atoms with E-state index in [4.69, 9.17) is 0 Å². The van der Waals surface area contributed by atoms with Crippen molar-refractivity contribution in [3.63, 3.8) is 0 Å². The number of rotatable bonds is 2. The number of carbonyl (C=O) groups excluding carboxylic acids is 1. The highest BCUT2D eigenvalue weighted by Gasteiger charge is 2.10. The van der Waals surface area contributed by atoms with Gasteiger partial charge in [0.15, 0.2) is 0 Å². The van der Waals surface area contributed by atoms with Gasteiger partial charge >= 0.3 is 5.69 Å². The molecule has 3 aromatic rings. The summed E-state index contributed by atoms with van der Waals surface area (Å²) < 4.78 is 0. The minimum absolute atomic E-state index is 0.143. The molecule has 0 aliphatic carbocycles. The third kappa shape index (κ3) is 2.17. The third-order valence-electron chi connectivity index (χ3n) is 2.85. The van der Waals surface area contributed by atoms with Crippen LogP contribution in [0.15, 0.2) is 34.4 Å². The zero-order chi connectivity index (χ0) is 13.4. The van der Waals surface area contributed by atoms with E-state index in [1.807, 2.05) is 24.4 Å². The first-order chi connectivity index (χ1) is 9.13. The lowest BCUT2D eigenvalue weighted by atomic mass is 10.1. The molecule has 0 saturated carbocycles.